The highest BCUT2D eigenvalue weighted by atomic mass is 16.4. The molecule has 1 rings (SSSR count). The maximum Gasteiger partial charge on any atom is 0.354 e. The van der Waals surface area contributed by atoms with Crippen LogP contribution in [0.4, 0.5) is 4.79 Å². The molecular weight excluding hydrogens is 234 g/mol. The van der Waals surface area contributed by atoms with Gasteiger partial charge < -0.3 is 15.7 Å². The van der Waals surface area contributed by atoms with E-state index in [1.54, 1.807) is 6.07 Å². The van der Waals surface area contributed by atoms with Gasteiger partial charge in [0, 0.05) is 18.3 Å². The van der Waals surface area contributed by atoms with Gasteiger partial charge in [0.1, 0.15) is 5.69 Å². The largest absolute Gasteiger partial charge is 0.477 e. The van der Waals surface area contributed by atoms with Crippen molar-refractivity contribution in [2.75, 3.05) is 0 Å². The first-order chi connectivity index (χ1) is 8.28. The van der Waals surface area contributed by atoms with E-state index in [2.05, 4.69) is 15.6 Å². The first kappa shape index (κ1) is 14.0. The smallest absolute Gasteiger partial charge is 0.354 e. The third kappa shape index (κ3) is 4.82. The summed E-state index contributed by atoms with van der Waals surface area (Å²) in [4.78, 5) is 25.8. The van der Waals surface area contributed by atoms with E-state index in [0.717, 1.165) is 5.56 Å². The Hall–Kier alpha value is -2.11. The van der Waals surface area contributed by atoms with Gasteiger partial charge in [0.25, 0.3) is 0 Å². The molecule has 98 valence electrons. The van der Waals surface area contributed by atoms with Gasteiger partial charge >= 0.3 is 12.0 Å². The molecule has 6 heteroatoms. The fourth-order valence-corrected chi connectivity index (χ4v) is 1.22. The molecule has 6 nitrogen and oxygen atoms in total. The molecule has 0 fully saturated rings. The van der Waals surface area contributed by atoms with Crippen LogP contribution in [0.25, 0.3) is 0 Å². The Labute approximate surface area is 105 Å². The van der Waals surface area contributed by atoms with Crippen molar-refractivity contribution >= 4 is 12.0 Å². The summed E-state index contributed by atoms with van der Waals surface area (Å²) in [5.41, 5.74) is 0.428. The number of nitrogens with one attached hydrogen (secondary N) is 2. The van der Waals surface area contributed by atoms with E-state index in [0.29, 0.717) is 6.54 Å². The van der Waals surface area contributed by atoms with E-state index >= 15 is 0 Å². The number of carbonyl (C=O) groups is 2. The van der Waals surface area contributed by atoms with Crippen LogP contribution in [-0.2, 0) is 6.54 Å². The average Bonchev–Trinajstić information content (AvgIpc) is 2.24. The monoisotopic (exact) mass is 251 g/mol. The lowest BCUT2D eigenvalue weighted by Gasteiger charge is -2.20. The third-order valence-electron chi connectivity index (χ3n) is 1.99. The van der Waals surface area contributed by atoms with Crippen molar-refractivity contribution in [1.29, 1.82) is 0 Å². The molecule has 2 amide bonds. The normalized spacial score (nSPS) is 10.8. The number of aromatic nitrogens is 1. The quantitative estimate of drug-likeness (QED) is 0.756. The number of urea groups is 1. The number of rotatable bonds is 3. The van der Waals surface area contributed by atoms with Gasteiger partial charge in [-0.05, 0) is 32.4 Å². The molecule has 1 heterocycles. The van der Waals surface area contributed by atoms with Gasteiger partial charge in [0.2, 0.25) is 0 Å². The number of carboxylic acid groups (broad SMARTS) is 1. The fourth-order valence-electron chi connectivity index (χ4n) is 1.22. The van der Waals surface area contributed by atoms with Crippen molar-refractivity contribution in [3.63, 3.8) is 0 Å². The second kappa shape index (κ2) is 5.48. The Balaban J connectivity index is 2.49. The number of carboxylic acids is 1. The maximum absolute atomic E-state index is 11.5. The lowest BCUT2D eigenvalue weighted by atomic mass is 10.1. The van der Waals surface area contributed by atoms with Crippen molar-refractivity contribution in [1.82, 2.24) is 15.6 Å². The van der Waals surface area contributed by atoms with Crippen LogP contribution >= 0.6 is 0 Å². The van der Waals surface area contributed by atoms with Gasteiger partial charge in [-0.15, -0.1) is 0 Å². The summed E-state index contributed by atoms with van der Waals surface area (Å²) in [7, 11) is 0. The maximum atomic E-state index is 11.5. The van der Waals surface area contributed by atoms with Gasteiger partial charge in [0.05, 0.1) is 0 Å². The molecule has 0 radical (unpaired) electrons. The molecule has 0 saturated carbocycles. The minimum atomic E-state index is -1.07. The van der Waals surface area contributed by atoms with Crippen LogP contribution in [0.2, 0.25) is 0 Å². The SMILES string of the molecule is CC(C)(C)NC(=O)NCc1ccc(C(=O)O)nc1. The second-order valence-corrected chi connectivity index (χ2v) is 4.91. The van der Waals surface area contributed by atoms with Crippen molar-refractivity contribution < 1.29 is 14.7 Å². The summed E-state index contributed by atoms with van der Waals surface area (Å²) in [6.45, 7) is 5.95. The zero-order valence-corrected chi connectivity index (χ0v) is 10.7. The molecule has 1 aromatic heterocycles. The Morgan fingerprint density at radius 2 is 2.00 bits per heavy atom. The molecule has 0 aliphatic heterocycles. The minimum Gasteiger partial charge on any atom is -0.477 e. The zero-order chi connectivity index (χ0) is 13.8. The highest BCUT2D eigenvalue weighted by Gasteiger charge is 2.13. The van der Waals surface area contributed by atoms with Crippen LogP contribution in [0.1, 0.15) is 36.8 Å². The number of amides is 2. The topological polar surface area (TPSA) is 91.3 Å². The second-order valence-electron chi connectivity index (χ2n) is 4.91. The molecule has 0 aliphatic carbocycles. The molecule has 0 unspecified atom stereocenters. The Bertz CT molecular complexity index is 435. The van der Waals surface area contributed by atoms with Crippen LogP contribution in [0.15, 0.2) is 18.3 Å². The van der Waals surface area contributed by atoms with Crippen molar-refractivity contribution in [3.05, 3.63) is 29.6 Å². The van der Waals surface area contributed by atoms with Crippen LogP contribution < -0.4 is 10.6 Å². The summed E-state index contributed by atoms with van der Waals surface area (Å²) in [5, 5.41) is 14.1. The summed E-state index contributed by atoms with van der Waals surface area (Å²) in [6.07, 6.45) is 1.43. The first-order valence-electron chi connectivity index (χ1n) is 5.52. The van der Waals surface area contributed by atoms with Gasteiger partial charge in [-0.2, -0.15) is 0 Å². The molecule has 3 N–H and O–H groups in total. The summed E-state index contributed by atoms with van der Waals surface area (Å²) in [6, 6.07) is 2.75. The predicted molar refractivity (Wildman–Crippen MR) is 66.3 cm³/mol. The van der Waals surface area contributed by atoms with Crippen LogP contribution in [-0.4, -0.2) is 27.6 Å². The summed E-state index contributed by atoms with van der Waals surface area (Å²) in [5.74, 6) is -1.07. The minimum absolute atomic E-state index is 0.0158. The fraction of sp³-hybridized carbons (Fsp3) is 0.417. The van der Waals surface area contributed by atoms with E-state index in [4.69, 9.17) is 5.11 Å². The van der Waals surface area contributed by atoms with E-state index in [9.17, 15) is 9.59 Å². The highest BCUT2D eigenvalue weighted by Crippen LogP contribution is 2.01. The van der Waals surface area contributed by atoms with E-state index in [1.807, 2.05) is 20.8 Å². The number of nitrogens with zero attached hydrogens (tertiary/aromatic N) is 1. The Morgan fingerprint density at radius 3 is 2.44 bits per heavy atom. The molecule has 0 saturated heterocycles. The van der Waals surface area contributed by atoms with Crippen molar-refractivity contribution in [2.45, 2.75) is 32.9 Å². The van der Waals surface area contributed by atoms with Gasteiger partial charge in [0.15, 0.2) is 0 Å². The average molecular weight is 251 g/mol. The number of pyridine rings is 1. The zero-order valence-electron chi connectivity index (χ0n) is 10.7. The molecule has 0 bridgehead atoms. The highest BCUT2D eigenvalue weighted by molar-refractivity contribution is 5.85. The molecule has 0 aromatic carbocycles. The molecule has 18 heavy (non-hydrogen) atoms. The van der Waals surface area contributed by atoms with Crippen LogP contribution in [0, 0.1) is 0 Å². The van der Waals surface area contributed by atoms with Gasteiger partial charge in [-0.3, -0.25) is 0 Å². The van der Waals surface area contributed by atoms with Gasteiger partial charge in [-0.25, -0.2) is 14.6 Å². The van der Waals surface area contributed by atoms with E-state index in [-0.39, 0.29) is 17.3 Å². The predicted octanol–water partition coefficient (Wildman–Crippen LogP) is 1.38. The molecule has 0 aliphatic rings. The van der Waals surface area contributed by atoms with E-state index in [1.165, 1.54) is 12.3 Å². The van der Waals surface area contributed by atoms with Crippen molar-refractivity contribution in [3.8, 4) is 0 Å². The van der Waals surface area contributed by atoms with Crippen molar-refractivity contribution in [2.24, 2.45) is 0 Å². The van der Waals surface area contributed by atoms with Gasteiger partial charge in [-0.1, -0.05) is 6.07 Å². The molecule has 1 aromatic rings. The molecule has 0 spiro atoms. The number of carbonyl (C=O) groups excluding carboxylic acids is 1. The Kier molecular flexibility index (Phi) is 4.25. The summed E-state index contributed by atoms with van der Waals surface area (Å²) >= 11 is 0. The standard InChI is InChI=1S/C12H17N3O3/c1-12(2,3)15-11(18)14-7-8-4-5-9(10(16)17)13-6-8/h4-6H,7H2,1-3H3,(H,16,17)(H2,14,15,18). The molecular formula is C12H17N3O3. The lowest BCUT2D eigenvalue weighted by Crippen LogP contribution is -2.46. The molecule has 0 atom stereocenters. The van der Waals surface area contributed by atoms with Crippen LogP contribution in [0.5, 0.6) is 0 Å². The number of hydrogen-bond acceptors (Lipinski definition) is 3. The Morgan fingerprint density at radius 1 is 1.33 bits per heavy atom. The summed E-state index contributed by atoms with van der Waals surface area (Å²) < 4.78 is 0. The third-order valence-corrected chi connectivity index (χ3v) is 1.99. The van der Waals surface area contributed by atoms with E-state index < -0.39 is 5.97 Å². The number of aromatic carboxylic acids is 1. The lowest BCUT2D eigenvalue weighted by molar-refractivity contribution is 0.0690. The number of hydrogen-bond donors (Lipinski definition) is 3. The van der Waals surface area contributed by atoms with Crippen LogP contribution in [0.3, 0.4) is 0 Å². The first-order valence-corrected chi connectivity index (χ1v) is 5.52.